The topological polar surface area (TPSA) is 15.3 Å². The highest BCUT2D eigenvalue weighted by Crippen LogP contribution is 2.24. The average molecular weight is 260 g/mol. The van der Waals surface area contributed by atoms with E-state index in [0.717, 1.165) is 19.1 Å². The van der Waals surface area contributed by atoms with Gasteiger partial charge in [0, 0.05) is 19.1 Å². The Morgan fingerprint density at radius 1 is 1.11 bits per heavy atom. The number of hydrogen-bond acceptors (Lipinski definition) is 2. The number of rotatable bonds is 6. The van der Waals surface area contributed by atoms with Crippen LogP contribution < -0.4 is 5.32 Å². The highest BCUT2D eigenvalue weighted by molar-refractivity contribution is 5.27. The minimum absolute atomic E-state index is 0.807. The van der Waals surface area contributed by atoms with Gasteiger partial charge in [0.25, 0.3) is 0 Å². The van der Waals surface area contributed by atoms with Gasteiger partial charge in [-0.05, 0) is 37.6 Å². The minimum atomic E-state index is 0.807. The van der Waals surface area contributed by atoms with E-state index in [9.17, 15) is 0 Å². The predicted molar refractivity (Wildman–Crippen MR) is 82.2 cm³/mol. The van der Waals surface area contributed by atoms with Crippen LogP contribution >= 0.6 is 0 Å². The molecule has 1 aromatic carbocycles. The third-order valence-electron chi connectivity index (χ3n) is 4.36. The molecule has 0 bridgehead atoms. The van der Waals surface area contributed by atoms with Crippen LogP contribution in [0.2, 0.25) is 0 Å². The standard InChI is InChI=1S/C17H28N2/c1-3-19(17-11-5-4-6-12-17)14-16-10-8-7-9-15(16)13-18-2/h7-10,17-18H,3-6,11-14H2,1-2H3. The van der Waals surface area contributed by atoms with Gasteiger partial charge in [-0.2, -0.15) is 0 Å². The Kier molecular flexibility index (Phi) is 5.87. The Labute approximate surface area is 118 Å². The van der Waals surface area contributed by atoms with Gasteiger partial charge in [-0.25, -0.2) is 0 Å². The molecule has 0 spiro atoms. The van der Waals surface area contributed by atoms with Crippen molar-refractivity contribution in [3.8, 4) is 0 Å². The van der Waals surface area contributed by atoms with Crippen molar-refractivity contribution in [2.45, 2.75) is 58.2 Å². The van der Waals surface area contributed by atoms with E-state index in [1.165, 1.54) is 49.8 Å². The molecule has 1 aromatic rings. The Morgan fingerprint density at radius 2 is 1.79 bits per heavy atom. The highest BCUT2D eigenvalue weighted by Gasteiger charge is 2.20. The summed E-state index contributed by atoms with van der Waals surface area (Å²) in [6.07, 6.45) is 7.05. The van der Waals surface area contributed by atoms with Gasteiger partial charge in [-0.1, -0.05) is 50.5 Å². The van der Waals surface area contributed by atoms with Crippen LogP contribution in [0.25, 0.3) is 0 Å². The largest absolute Gasteiger partial charge is 0.316 e. The summed E-state index contributed by atoms with van der Waals surface area (Å²) >= 11 is 0. The van der Waals surface area contributed by atoms with Crippen LogP contribution in [0.4, 0.5) is 0 Å². The molecule has 0 unspecified atom stereocenters. The van der Waals surface area contributed by atoms with E-state index in [1.807, 2.05) is 7.05 Å². The number of benzene rings is 1. The molecule has 0 saturated heterocycles. The molecule has 1 aliphatic rings. The van der Waals surface area contributed by atoms with Crippen LogP contribution in [0.1, 0.15) is 50.2 Å². The van der Waals surface area contributed by atoms with Crippen molar-refractivity contribution in [3.05, 3.63) is 35.4 Å². The zero-order valence-corrected chi connectivity index (χ0v) is 12.5. The third kappa shape index (κ3) is 4.05. The van der Waals surface area contributed by atoms with Gasteiger partial charge in [-0.3, -0.25) is 4.90 Å². The maximum absolute atomic E-state index is 3.28. The van der Waals surface area contributed by atoms with Crippen LogP contribution in [0.3, 0.4) is 0 Å². The van der Waals surface area contributed by atoms with E-state index in [-0.39, 0.29) is 0 Å². The van der Waals surface area contributed by atoms with Crippen LogP contribution in [-0.4, -0.2) is 24.5 Å². The van der Waals surface area contributed by atoms with Gasteiger partial charge >= 0.3 is 0 Å². The molecule has 2 rings (SSSR count). The Morgan fingerprint density at radius 3 is 2.42 bits per heavy atom. The molecule has 1 fully saturated rings. The number of hydrogen-bond donors (Lipinski definition) is 1. The van der Waals surface area contributed by atoms with E-state index in [1.54, 1.807) is 0 Å². The third-order valence-corrected chi connectivity index (χ3v) is 4.36. The van der Waals surface area contributed by atoms with E-state index in [2.05, 4.69) is 41.4 Å². The maximum Gasteiger partial charge on any atom is 0.0239 e. The molecular formula is C17H28N2. The van der Waals surface area contributed by atoms with E-state index < -0.39 is 0 Å². The predicted octanol–water partition coefficient (Wildman–Crippen LogP) is 3.56. The second kappa shape index (κ2) is 7.66. The lowest BCUT2D eigenvalue weighted by atomic mass is 9.93. The first-order valence-electron chi connectivity index (χ1n) is 7.80. The summed E-state index contributed by atoms with van der Waals surface area (Å²) in [7, 11) is 2.02. The summed E-state index contributed by atoms with van der Waals surface area (Å²) in [6.45, 7) is 5.55. The molecule has 0 aliphatic heterocycles. The van der Waals surface area contributed by atoms with Crippen molar-refractivity contribution in [2.24, 2.45) is 0 Å². The number of nitrogens with one attached hydrogen (secondary N) is 1. The molecule has 0 atom stereocenters. The van der Waals surface area contributed by atoms with E-state index >= 15 is 0 Å². The summed E-state index contributed by atoms with van der Waals surface area (Å²) in [5, 5.41) is 3.28. The highest BCUT2D eigenvalue weighted by atomic mass is 15.1. The van der Waals surface area contributed by atoms with Crippen molar-refractivity contribution in [3.63, 3.8) is 0 Å². The van der Waals surface area contributed by atoms with E-state index in [4.69, 9.17) is 0 Å². The van der Waals surface area contributed by atoms with Crippen LogP contribution in [0, 0.1) is 0 Å². The molecule has 0 amide bonds. The zero-order valence-electron chi connectivity index (χ0n) is 12.5. The normalized spacial score (nSPS) is 17.0. The Hall–Kier alpha value is -0.860. The van der Waals surface area contributed by atoms with Crippen LogP contribution in [0.5, 0.6) is 0 Å². The van der Waals surface area contributed by atoms with Crippen molar-refractivity contribution < 1.29 is 0 Å². The van der Waals surface area contributed by atoms with Crippen LogP contribution in [0.15, 0.2) is 24.3 Å². The molecule has 1 N–H and O–H groups in total. The SMILES string of the molecule is CCN(Cc1ccccc1CNC)C1CCCCC1. The Bertz CT molecular complexity index is 369. The van der Waals surface area contributed by atoms with Gasteiger partial charge in [-0.15, -0.1) is 0 Å². The summed E-state index contributed by atoms with van der Waals surface area (Å²) in [5.74, 6) is 0. The lowest BCUT2D eigenvalue weighted by Crippen LogP contribution is -2.36. The molecule has 2 heteroatoms. The fourth-order valence-corrected chi connectivity index (χ4v) is 3.24. The molecule has 1 aliphatic carbocycles. The van der Waals surface area contributed by atoms with Crippen molar-refractivity contribution in [1.29, 1.82) is 0 Å². The summed E-state index contributed by atoms with van der Waals surface area (Å²) in [4.78, 5) is 2.67. The first-order chi connectivity index (χ1) is 9.35. The maximum atomic E-state index is 3.28. The number of nitrogens with zero attached hydrogens (tertiary/aromatic N) is 1. The summed E-state index contributed by atoms with van der Waals surface area (Å²) < 4.78 is 0. The van der Waals surface area contributed by atoms with Crippen molar-refractivity contribution in [1.82, 2.24) is 10.2 Å². The average Bonchev–Trinajstić information content (AvgIpc) is 2.47. The van der Waals surface area contributed by atoms with Gasteiger partial charge < -0.3 is 5.32 Å². The quantitative estimate of drug-likeness (QED) is 0.841. The van der Waals surface area contributed by atoms with Crippen molar-refractivity contribution >= 4 is 0 Å². The van der Waals surface area contributed by atoms with E-state index in [0.29, 0.717) is 0 Å². The van der Waals surface area contributed by atoms with Gasteiger partial charge in [0.1, 0.15) is 0 Å². The molecule has 19 heavy (non-hydrogen) atoms. The van der Waals surface area contributed by atoms with Gasteiger partial charge in [0.05, 0.1) is 0 Å². The van der Waals surface area contributed by atoms with Gasteiger partial charge in [0.2, 0.25) is 0 Å². The zero-order chi connectivity index (χ0) is 13.5. The monoisotopic (exact) mass is 260 g/mol. The smallest absolute Gasteiger partial charge is 0.0239 e. The second-order valence-corrected chi connectivity index (χ2v) is 5.65. The summed E-state index contributed by atoms with van der Waals surface area (Å²) in [5.41, 5.74) is 2.93. The lowest BCUT2D eigenvalue weighted by molar-refractivity contribution is 0.155. The molecule has 2 nitrogen and oxygen atoms in total. The lowest BCUT2D eigenvalue weighted by Gasteiger charge is -2.34. The molecule has 0 heterocycles. The molecule has 1 saturated carbocycles. The molecule has 0 radical (unpaired) electrons. The first kappa shape index (κ1) is 14.5. The van der Waals surface area contributed by atoms with Crippen LogP contribution in [-0.2, 0) is 13.1 Å². The molecule has 106 valence electrons. The fourth-order valence-electron chi connectivity index (χ4n) is 3.24. The van der Waals surface area contributed by atoms with Gasteiger partial charge in [0.15, 0.2) is 0 Å². The summed E-state index contributed by atoms with van der Waals surface area (Å²) in [6, 6.07) is 9.66. The fraction of sp³-hybridized carbons (Fsp3) is 0.647. The second-order valence-electron chi connectivity index (χ2n) is 5.65. The first-order valence-corrected chi connectivity index (χ1v) is 7.80. The minimum Gasteiger partial charge on any atom is -0.316 e. The van der Waals surface area contributed by atoms with Crippen molar-refractivity contribution in [2.75, 3.05) is 13.6 Å². The Balaban J connectivity index is 2.04. The molecule has 0 aromatic heterocycles. The molecular weight excluding hydrogens is 232 g/mol.